The van der Waals surface area contributed by atoms with Gasteiger partial charge in [-0.05, 0) is 67.1 Å². The lowest BCUT2D eigenvalue weighted by Crippen LogP contribution is -2.32. The summed E-state index contributed by atoms with van der Waals surface area (Å²) >= 11 is 0. The molecule has 2 amide bonds. The standard InChI is InChI=1S/C27H24FN5O3/c1-2-16-36-24-14-8-19(9-15-24)25-20(18-33(32-25)23-6-4-3-5-7-23)17-29-31-27(35)26(34)30-22-12-10-21(28)11-13-22/h3-15,17-18H,2,16H2,1H3,(H,30,34)(H,31,35)/b29-17-. The first kappa shape index (κ1) is 24.3. The molecule has 0 aliphatic rings. The van der Waals surface area contributed by atoms with E-state index < -0.39 is 17.6 Å². The minimum Gasteiger partial charge on any atom is -0.494 e. The van der Waals surface area contributed by atoms with Crippen LogP contribution in [0.25, 0.3) is 16.9 Å². The van der Waals surface area contributed by atoms with Gasteiger partial charge in [-0.15, -0.1) is 0 Å². The summed E-state index contributed by atoms with van der Waals surface area (Å²) in [5, 5.41) is 11.0. The fraction of sp³-hybridized carbons (Fsp3) is 0.111. The van der Waals surface area contributed by atoms with Crippen molar-refractivity contribution >= 4 is 23.7 Å². The van der Waals surface area contributed by atoms with Gasteiger partial charge in [0.05, 0.1) is 18.5 Å². The van der Waals surface area contributed by atoms with Crippen LogP contribution in [0.3, 0.4) is 0 Å². The van der Waals surface area contributed by atoms with Crippen LogP contribution in [0.5, 0.6) is 5.75 Å². The smallest absolute Gasteiger partial charge is 0.329 e. The molecule has 1 heterocycles. The predicted molar refractivity (Wildman–Crippen MR) is 136 cm³/mol. The molecule has 0 fully saturated rings. The van der Waals surface area contributed by atoms with Crippen LogP contribution in [0.1, 0.15) is 18.9 Å². The van der Waals surface area contributed by atoms with Gasteiger partial charge in [0.2, 0.25) is 0 Å². The molecule has 0 aliphatic heterocycles. The summed E-state index contributed by atoms with van der Waals surface area (Å²) in [5.74, 6) is -1.58. The molecular formula is C27H24FN5O3. The number of anilines is 1. The second-order valence-electron chi connectivity index (χ2n) is 7.75. The third-order valence-corrected chi connectivity index (χ3v) is 5.04. The van der Waals surface area contributed by atoms with Crippen LogP contribution in [-0.2, 0) is 9.59 Å². The van der Waals surface area contributed by atoms with Crippen molar-refractivity contribution in [1.82, 2.24) is 15.2 Å². The van der Waals surface area contributed by atoms with Crippen LogP contribution >= 0.6 is 0 Å². The molecule has 0 atom stereocenters. The Balaban J connectivity index is 1.52. The van der Waals surface area contributed by atoms with E-state index in [0.29, 0.717) is 23.6 Å². The van der Waals surface area contributed by atoms with Crippen LogP contribution in [0, 0.1) is 5.82 Å². The lowest BCUT2D eigenvalue weighted by molar-refractivity contribution is -0.136. The zero-order valence-electron chi connectivity index (χ0n) is 19.5. The highest BCUT2D eigenvalue weighted by molar-refractivity contribution is 6.39. The van der Waals surface area contributed by atoms with E-state index in [4.69, 9.17) is 9.84 Å². The molecule has 3 aromatic carbocycles. The molecule has 9 heteroatoms. The summed E-state index contributed by atoms with van der Waals surface area (Å²) < 4.78 is 20.4. The van der Waals surface area contributed by atoms with Crippen LogP contribution < -0.4 is 15.5 Å². The Bertz CT molecular complexity index is 1350. The fourth-order valence-corrected chi connectivity index (χ4v) is 3.28. The minimum absolute atomic E-state index is 0.290. The lowest BCUT2D eigenvalue weighted by Gasteiger charge is -2.05. The third-order valence-electron chi connectivity index (χ3n) is 5.04. The third kappa shape index (κ3) is 6.20. The van der Waals surface area contributed by atoms with E-state index in [1.165, 1.54) is 30.5 Å². The van der Waals surface area contributed by atoms with Crippen LogP contribution in [0.2, 0.25) is 0 Å². The Morgan fingerprint density at radius 2 is 1.72 bits per heavy atom. The molecule has 0 spiro atoms. The second kappa shape index (κ2) is 11.6. The number of hydrogen-bond donors (Lipinski definition) is 2. The molecular weight excluding hydrogens is 461 g/mol. The predicted octanol–water partition coefficient (Wildman–Crippen LogP) is 4.56. The van der Waals surface area contributed by atoms with E-state index in [-0.39, 0.29) is 0 Å². The van der Waals surface area contributed by atoms with Gasteiger partial charge in [0.15, 0.2) is 0 Å². The summed E-state index contributed by atoms with van der Waals surface area (Å²) in [7, 11) is 0. The van der Waals surface area contributed by atoms with Crippen LogP contribution in [0.4, 0.5) is 10.1 Å². The molecule has 0 aliphatic carbocycles. The maximum absolute atomic E-state index is 13.0. The van der Waals surface area contributed by atoms with E-state index in [9.17, 15) is 14.0 Å². The number of halogens is 1. The molecule has 0 radical (unpaired) electrons. The van der Waals surface area contributed by atoms with Gasteiger partial charge >= 0.3 is 11.8 Å². The highest BCUT2D eigenvalue weighted by atomic mass is 19.1. The van der Waals surface area contributed by atoms with E-state index in [1.807, 2.05) is 61.5 Å². The van der Waals surface area contributed by atoms with Gasteiger partial charge in [0, 0.05) is 23.0 Å². The molecule has 0 saturated carbocycles. The van der Waals surface area contributed by atoms with Crippen LogP contribution in [0.15, 0.2) is 90.2 Å². The summed E-state index contributed by atoms with van der Waals surface area (Å²) in [6.07, 6.45) is 4.12. The lowest BCUT2D eigenvalue weighted by atomic mass is 10.1. The van der Waals surface area contributed by atoms with E-state index >= 15 is 0 Å². The first-order valence-corrected chi connectivity index (χ1v) is 11.3. The van der Waals surface area contributed by atoms with Crippen molar-refractivity contribution in [2.45, 2.75) is 13.3 Å². The van der Waals surface area contributed by atoms with Crippen molar-refractivity contribution in [3.8, 4) is 22.7 Å². The average Bonchev–Trinajstić information content (AvgIpc) is 3.33. The number of hydrogen-bond acceptors (Lipinski definition) is 5. The molecule has 8 nitrogen and oxygen atoms in total. The second-order valence-corrected chi connectivity index (χ2v) is 7.75. The molecule has 2 N–H and O–H groups in total. The van der Waals surface area contributed by atoms with E-state index in [0.717, 1.165) is 23.4 Å². The highest BCUT2D eigenvalue weighted by Gasteiger charge is 2.14. The van der Waals surface area contributed by atoms with Crippen molar-refractivity contribution in [2.24, 2.45) is 5.10 Å². The van der Waals surface area contributed by atoms with Crippen molar-refractivity contribution in [1.29, 1.82) is 0 Å². The van der Waals surface area contributed by atoms with E-state index in [2.05, 4.69) is 15.8 Å². The number of aromatic nitrogens is 2. The Morgan fingerprint density at radius 1 is 1.00 bits per heavy atom. The van der Waals surface area contributed by atoms with Gasteiger partial charge in [-0.1, -0.05) is 25.1 Å². The minimum atomic E-state index is -0.968. The van der Waals surface area contributed by atoms with Gasteiger partial charge in [0.1, 0.15) is 17.3 Å². The summed E-state index contributed by atoms with van der Waals surface area (Å²) in [6, 6.07) is 22.2. The zero-order valence-corrected chi connectivity index (χ0v) is 19.5. The number of carbonyl (C=O) groups is 2. The first-order valence-electron chi connectivity index (χ1n) is 11.3. The number of rotatable bonds is 8. The Kier molecular flexibility index (Phi) is 7.82. The first-order chi connectivity index (χ1) is 17.5. The molecule has 0 bridgehead atoms. The van der Waals surface area contributed by atoms with Crippen LogP contribution in [-0.4, -0.2) is 34.4 Å². The molecule has 1 aromatic heterocycles. The van der Waals surface area contributed by atoms with Gasteiger partial charge < -0.3 is 10.1 Å². The molecule has 0 unspecified atom stereocenters. The monoisotopic (exact) mass is 485 g/mol. The molecule has 36 heavy (non-hydrogen) atoms. The number of nitrogens with zero attached hydrogens (tertiary/aromatic N) is 3. The zero-order chi connectivity index (χ0) is 25.3. The quantitative estimate of drug-likeness (QED) is 0.217. The number of ether oxygens (including phenoxy) is 1. The number of carbonyl (C=O) groups excluding carboxylic acids is 2. The largest absolute Gasteiger partial charge is 0.494 e. The number of para-hydroxylation sites is 1. The van der Waals surface area contributed by atoms with Crippen molar-refractivity contribution in [3.05, 3.63) is 96.4 Å². The Morgan fingerprint density at radius 3 is 2.42 bits per heavy atom. The average molecular weight is 486 g/mol. The van der Waals surface area contributed by atoms with E-state index in [1.54, 1.807) is 10.9 Å². The van der Waals surface area contributed by atoms with Crippen molar-refractivity contribution < 1.29 is 18.7 Å². The van der Waals surface area contributed by atoms with Gasteiger partial charge in [0.25, 0.3) is 0 Å². The molecule has 4 rings (SSSR count). The van der Waals surface area contributed by atoms with Gasteiger partial charge in [-0.25, -0.2) is 14.5 Å². The molecule has 4 aromatic rings. The topological polar surface area (TPSA) is 97.6 Å². The molecule has 0 saturated heterocycles. The Labute approximate surface area is 207 Å². The van der Waals surface area contributed by atoms with Gasteiger partial charge in [-0.3, -0.25) is 9.59 Å². The fourth-order valence-electron chi connectivity index (χ4n) is 3.28. The molecule has 182 valence electrons. The SMILES string of the molecule is CCCOc1ccc(-c2nn(-c3ccccc3)cc2/C=N\NC(=O)C(=O)Nc2ccc(F)cc2)cc1. The number of benzene rings is 3. The van der Waals surface area contributed by atoms with Crippen molar-refractivity contribution in [3.63, 3.8) is 0 Å². The normalized spacial score (nSPS) is 10.8. The van der Waals surface area contributed by atoms with Crippen molar-refractivity contribution in [2.75, 3.05) is 11.9 Å². The maximum atomic E-state index is 13.0. The highest BCUT2D eigenvalue weighted by Crippen LogP contribution is 2.25. The summed E-state index contributed by atoms with van der Waals surface area (Å²) in [4.78, 5) is 24.3. The summed E-state index contributed by atoms with van der Waals surface area (Å²) in [6.45, 7) is 2.68. The van der Waals surface area contributed by atoms with Gasteiger partial charge in [-0.2, -0.15) is 10.2 Å². The number of nitrogens with one attached hydrogen (secondary N) is 2. The maximum Gasteiger partial charge on any atom is 0.329 e. The number of hydrazone groups is 1. The summed E-state index contributed by atoms with van der Waals surface area (Å²) in [5.41, 5.74) is 5.44. The Hall–Kier alpha value is -4.79. The number of amides is 2.